The van der Waals surface area contributed by atoms with Crippen LogP contribution in [-0.4, -0.2) is 20.1 Å². The molecule has 0 radical (unpaired) electrons. The van der Waals surface area contributed by atoms with Crippen molar-refractivity contribution in [3.05, 3.63) is 28.0 Å². The van der Waals surface area contributed by atoms with Gasteiger partial charge in [-0.1, -0.05) is 41.6 Å². The maximum atomic E-state index is 14.1. The van der Waals surface area contributed by atoms with Crippen LogP contribution in [0.4, 0.5) is 4.39 Å². The summed E-state index contributed by atoms with van der Waals surface area (Å²) < 4.78 is 41.3. The third-order valence-electron chi connectivity index (χ3n) is 3.86. The van der Waals surface area contributed by atoms with Gasteiger partial charge in [-0.05, 0) is 24.5 Å². The maximum absolute atomic E-state index is 14.1. The van der Waals surface area contributed by atoms with Crippen LogP contribution >= 0.6 is 15.9 Å². The highest BCUT2D eigenvalue weighted by Crippen LogP contribution is 2.28. The Labute approximate surface area is 132 Å². The zero-order valence-corrected chi connectivity index (χ0v) is 14.0. The normalized spacial score (nSPS) is 16.5. The summed E-state index contributed by atoms with van der Waals surface area (Å²) in [5, 5.41) is 9.08. The number of sulfonamides is 1. The lowest BCUT2D eigenvalue weighted by Gasteiger charge is -2.12. The van der Waals surface area contributed by atoms with Crippen molar-refractivity contribution in [2.75, 3.05) is 6.54 Å². The fourth-order valence-corrected chi connectivity index (χ4v) is 4.55. The molecule has 4 nitrogen and oxygen atoms in total. The molecule has 1 aliphatic rings. The van der Waals surface area contributed by atoms with Crippen LogP contribution in [-0.2, 0) is 16.6 Å². The minimum Gasteiger partial charge on any atom is -0.392 e. The second kappa shape index (κ2) is 7.17. The van der Waals surface area contributed by atoms with E-state index in [2.05, 4.69) is 20.7 Å². The molecule has 2 N–H and O–H groups in total. The first-order chi connectivity index (χ1) is 9.94. The molecule has 1 aromatic rings. The first kappa shape index (κ1) is 16.9. The number of nitrogens with one attached hydrogen (secondary N) is 1. The second-order valence-electron chi connectivity index (χ2n) is 5.37. The molecular weight excluding hydrogens is 361 g/mol. The third kappa shape index (κ3) is 4.25. The van der Waals surface area contributed by atoms with Gasteiger partial charge in [-0.3, -0.25) is 0 Å². The van der Waals surface area contributed by atoms with Crippen molar-refractivity contribution in [1.29, 1.82) is 0 Å². The monoisotopic (exact) mass is 379 g/mol. The summed E-state index contributed by atoms with van der Waals surface area (Å²) in [5.41, 5.74) is -0.0412. The van der Waals surface area contributed by atoms with Crippen molar-refractivity contribution in [1.82, 2.24) is 4.72 Å². The van der Waals surface area contributed by atoms with Gasteiger partial charge in [-0.15, -0.1) is 0 Å². The van der Waals surface area contributed by atoms with E-state index in [1.54, 1.807) is 0 Å². The van der Waals surface area contributed by atoms with Gasteiger partial charge in [0.1, 0.15) is 10.7 Å². The van der Waals surface area contributed by atoms with Gasteiger partial charge in [0.2, 0.25) is 10.0 Å². The van der Waals surface area contributed by atoms with Crippen molar-refractivity contribution < 1.29 is 17.9 Å². The Morgan fingerprint density at radius 2 is 2.00 bits per heavy atom. The van der Waals surface area contributed by atoms with Gasteiger partial charge < -0.3 is 5.11 Å². The second-order valence-corrected chi connectivity index (χ2v) is 8.02. The molecule has 1 saturated carbocycles. The zero-order valence-electron chi connectivity index (χ0n) is 11.6. The van der Waals surface area contributed by atoms with E-state index in [4.69, 9.17) is 5.11 Å². The predicted octanol–water partition coefficient (Wildman–Crippen LogP) is 2.94. The number of hydrogen-bond acceptors (Lipinski definition) is 3. The number of aliphatic hydroxyl groups excluding tert-OH is 1. The minimum absolute atomic E-state index is 0.0412. The fourth-order valence-electron chi connectivity index (χ4n) is 2.70. The van der Waals surface area contributed by atoms with Gasteiger partial charge in [0.05, 0.1) is 6.61 Å². The summed E-state index contributed by atoms with van der Waals surface area (Å²) in [7, 11) is -3.90. The van der Waals surface area contributed by atoms with E-state index in [1.807, 2.05) is 0 Å². The number of hydrogen-bond donors (Lipinski definition) is 2. The molecule has 0 heterocycles. The average Bonchev–Trinajstić information content (AvgIpc) is 2.93. The van der Waals surface area contributed by atoms with Gasteiger partial charge in [0, 0.05) is 16.6 Å². The van der Waals surface area contributed by atoms with Crippen molar-refractivity contribution in [2.24, 2.45) is 5.92 Å². The molecule has 1 aliphatic carbocycles. The molecule has 0 aliphatic heterocycles. The van der Waals surface area contributed by atoms with Gasteiger partial charge in [-0.2, -0.15) is 0 Å². The van der Waals surface area contributed by atoms with E-state index >= 15 is 0 Å². The van der Waals surface area contributed by atoms with Crippen molar-refractivity contribution >= 4 is 26.0 Å². The Hall–Kier alpha value is -0.500. The predicted molar refractivity (Wildman–Crippen MR) is 81.8 cm³/mol. The molecule has 0 amide bonds. The molecule has 0 aromatic heterocycles. The summed E-state index contributed by atoms with van der Waals surface area (Å²) >= 11 is 3.13. The maximum Gasteiger partial charge on any atom is 0.243 e. The van der Waals surface area contributed by atoms with Crippen LogP contribution in [0.1, 0.15) is 37.7 Å². The van der Waals surface area contributed by atoms with Crippen molar-refractivity contribution in [3.8, 4) is 0 Å². The van der Waals surface area contributed by atoms with Crippen LogP contribution in [0.25, 0.3) is 0 Å². The van der Waals surface area contributed by atoms with Crippen molar-refractivity contribution in [2.45, 2.75) is 43.6 Å². The molecule has 1 fully saturated rings. The Kier molecular flexibility index (Phi) is 5.76. The quantitative estimate of drug-likeness (QED) is 0.798. The molecular formula is C14H19BrFNO3S. The summed E-state index contributed by atoms with van der Waals surface area (Å²) in [6.07, 6.45) is 5.47. The van der Waals surface area contributed by atoms with E-state index in [0.29, 0.717) is 16.9 Å². The molecule has 0 spiro atoms. The molecule has 2 rings (SSSR count). The Bertz CT molecular complexity index is 600. The van der Waals surface area contributed by atoms with E-state index in [0.717, 1.165) is 19.3 Å². The summed E-state index contributed by atoms with van der Waals surface area (Å²) in [6.45, 7) is -0.233. The summed E-state index contributed by atoms with van der Waals surface area (Å²) in [4.78, 5) is -0.424. The summed E-state index contributed by atoms with van der Waals surface area (Å²) in [5.74, 6) is -0.331. The van der Waals surface area contributed by atoms with Crippen LogP contribution in [0.2, 0.25) is 0 Å². The van der Waals surface area contributed by atoms with E-state index in [-0.39, 0.29) is 5.56 Å². The molecule has 0 atom stereocenters. The number of rotatable bonds is 6. The lowest BCUT2D eigenvalue weighted by molar-refractivity contribution is 0.274. The summed E-state index contributed by atoms with van der Waals surface area (Å²) in [6, 6.07) is 2.58. The smallest absolute Gasteiger partial charge is 0.243 e. The molecule has 21 heavy (non-hydrogen) atoms. The standard InChI is InChI=1S/C14H19BrFNO3S/c15-12-7-11(9-18)14(16)13(8-12)21(19,20)17-6-5-10-3-1-2-4-10/h7-8,10,17-18H,1-6,9H2. The van der Waals surface area contributed by atoms with E-state index in [9.17, 15) is 12.8 Å². The highest BCUT2D eigenvalue weighted by Gasteiger charge is 2.23. The molecule has 0 saturated heterocycles. The van der Waals surface area contributed by atoms with Crippen LogP contribution in [0.5, 0.6) is 0 Å². The fraction of sp³-hybridized carbons (Fsp3) is 0.571. The van der Waals surface area contributed by atoms with Gasteiger partial charge in [0.15, 0.2) is 0 Å². The lowest BCUT2D eigenvalue weighted by atomic mass is 10.1. The molecule has 0 unspecified atom stereocenters. The first-order valence-electron chi connectivity index (χ1n) is 7.02. The third-order valence-corrected chi connectivity index (χ3v) is 5.78. The highest BCUT2D eigenvalue weighted by molar-refractivity contribution is 9.10. The van der Waals surface area contributed by atoms with Crippen LogP contribution in [0.15, 0.2) is 21.5 Å². The first-order valence-corrected chi connectivity index (χ1v) is 9.30. The average molecular weight is 380 g/mol. The van der Waals surface area contributed by atoms with Crippen LogP contribution < -0.4 is 4.72 Å². The van der Waals surface area contributed by atoms with Crippen LogP contribution in [0.3, 0.4) is 0 Å². The Morgan fingerprint density at radius 3 is 2.62 bits per heavy atom. The topological polar surface area (TPSA) is 66.4 Å². The molecule has 118 valence electrons. The van der Waals surface area contributed by atoms with E-state index in [1.165, 1.54) is 25.0 Å². The highest BCUT2D eigenvalue weighted by atomic mass is 79.9. The van der Waals surface area contributed by atoms with Gasteiger partial charge in [0.25, 0.3) is 0 Å². The van der Waals surface area contributed by atoms with Gasteiger partial charge in [-0.25, -0.2) is 17.5 Å². The van der Waals surface area contributed by atoms with E-state index < -0.39 is 27.3 Å². The largest absolute Gasteiger partial charge is 0.392 e. The lowest BCUT2D eigenvalue weighted by Crippen LogP contribution is -2.27. The number of halogens is 2. The Morgan fingerprint density at radius 1 is 1.33 bits per heavy atom. The SMILES string of the molecule is O=S(=O)(NCCC1CCCC1)c1cc(Br)cc(CO)c1F. The zero-order chi connectivity index (χ0) is 15.5. The van der Waals surface area contributed by atoms with Crippen LogP contribution in [0, 0.1) is 11.7 Å². The van der Waals surface area contributed by atoms with Gasteiger partial charge >= 0.3 is 0 Å². The molecule has 1 aromatic carbocycles. The van der Waals surface area contributed by atoms with Crippen molar-refractivity contribution in [3.63, 3.8) is 0 Å². The minimum atomic E-state index is -3.90. The number of benzene rings is 1. The molecule has 0 bridgehead atoms. The Balaban J connectivity index is 2.09. The number of aliphatic hydroxyl groups is 1. The molecule has 7 heteroatoms.